The summed E-state index contributed by atoms with van der Waals surface area (Å²) in [5.41, 5.74) is 1.42. The van der Waals surface area contributed by atoms with Crippen LogP contribution in [-0.4, -0.2) is 21.1 Å². The monoisotopic (exact) mass is 295 g/mol. The summed E-state index contributed by atoms with van der Waals surface area (Å²) >= 11 is 0. The second-order valence-electron chi connectivity index (χ2n) is 5.03. The van der Waals surface area contributed by atoms with Crippen LogP contribution in [0.4, 0.5) is 0 Å². The molecule has 0 aliphatic carbocycles. The first-order valence-corrected chi connectivity index (χ1v) is 7.13. The van der Waals surface area contributed by atoms with Crippen LogP contribution in [0.3, 0.4) is 0 Å². The standard InChI is InChI=1S/C17H17N3O2/c1-13-12-16(21)19-17(18-13)14-4-6-15(7-5-14)22-11-10-20-8-2-3-9-20/h2-9,12H,10-11H2,1H3,(H,18,19,21). The average molecular weight is 295 g/mol. The molecule has 0 fully saturated rings. The molecule has 112 valence electrons. The molecule has 1 N–H and O–H groups in total. The lowest BCUT2D eigenvalue weighted by Crippen LogP contribution is -2.08. The third-order valence-electron chi connectivity index (χ3n) is 3.28. The van der Waals surface area contributed by atoms with Gasteiger partial charge < -0.3 is 14.3 Å². The van der Waals surface area contributed by atoms with Crippen LogP contribution in [0.5, 0.6) is 5.75 Å². The maximum atomic E-state index is 11.5. The highest BCUT2D eigenvalue weighted by Gasteiger charge is 2.02. The van der Waals surface area contributed by atoms with Crippen molar-refractivity contribution in [3.8, 4) is 17.1 Å². The molecule has 3 rings (SSSR count). The van der Waals surface area contributed by atoms with Crippen molar-refractivity contribution in [3.05, 3.63) is 70.9 Å². The molecule has 0 bridgehead atoms. The van der Waals surface area contributed by atoms with Crippen LogP contribution in [-0.2, 0) is 6.54 Å². The zero-order chi connectivity index (χ0) is 15.4. The number of ether oxygens (including phenoxy) is 1. The highest BCUT2D eigenvalue weighted by Crippen LogP contribution is 2.18. The average Bonchev–Trinajstić information content (AvgIpc) is 3.00. The van der Waals surface area contributed by atoms with Crippen LogP contribution in [0.2, 0.25) is 0 Å². The molecule has 0 saturated heterocycles. The number of rotatable bonds is 5. The fraction of sp³-hybridized carbons (Fsp3) is 0.176. The van der Waals surface area contributed by atoms with Gasteiger partial charge in [-0.05, 0) is 43.3 Å². The zero-order valence-electron chi connectivity index (χ0n) is 12.3. The summed E-state index contributed by atoms with van der Waals surface area (Å²) in [7, 11) is 0. The second-order valence-corrected chi connectivity index (χ2v) is 5.03. The van der Waals surface area contributed by atoms with E-state index in [0.717, 1.165) is 17.9 Å². The van der Waals surface area contributed by atoms with E-state index in [1.165, 1.54) is 6.07 Å². The third-order valence-corrected chi connectivity index (χ3v) is 3.28. The van der Waals surface area contributed by atoms with Gasteiger partial charge in [-0.25, -0.2) is 4.98 Å². The van der Waals surface area contributed by atoms with Crippen molar-refractivity contribution in [1.29, 1.82) is 0 Å². The van der Waals surface area contributed by atoms with Gasteiger partial charge in [0.1, 0.15) is 18.2 Å². The number of nitrogens with one attached hydrogen (secondary N) is 1. The van der Waals surface area contributed by atoms with Crippen molar-refractivity contribution in [2.24, 2.45) is 0 Å². The van der Waals surface area contributed by atoms with Crippen molar-refractivity contribution in [2.45, 2.75) is 13.5 Å². The number of aromatic nitrogens is 3. The van der Waals surface area contributed by atoms with Crippen LogP contribution in [0, 0.1) is 6.92 Å². The van der Waals surface area contributed by atoms with Gasteiger partial charge in [0.05, 0.1) is 6.54 Å². The SMILES string of the molecule is Cc1cc(=O)[nH]c(-c2ccc(OCCn3cccc3)cc2)n1. The minimum absolute atomic E-state index is 0.144. The molecule has 0 aliphatic rings. The Morgan fingerprint density at radius 2 is 1.91 bits per heavy atom. The van der Waals surface area contributed by atoms with E-state index in [2.05, 4.69) is 14.5 Å². The van der Waals surface area contributed by atoms with Crippen molar-refractivity contribution in [3.63, 3.8) is 0 Å². The first-order valence-electron chi connectivity index (χ1n) is 7.13. The summed E-state index contributed by atoms with van der Waals surface area (Å²) in [5, 5.41) is 0. The first-order chi connectivity index (χ1) is 10.7. The number of H-pyrrole nitrogens is 1. The van der Waals surface area contributed by atoms with Gasteiger partial charge in [-0.2, -0.15) is 0 Å². The molecule has 0 radical (unpaired) electrons. The predicted octanol–water partition coefficient (Wildman–Crippen LogP) is 2.63. The Kier molecular flexibility index (Phi) is 4.05. The Morgan fingerprint density at radius 3 is 2.59 bits per heavy atom. The lowest BCUT2D eigenvalue weighted by Gasteiger charge is -2.08. The number of hydrogen-bond donors (Lipinski definition) is 1. The van der Waals surface area contributed by atoms with E-state index in [1.807, 2.05) is 48.8 Å². The summed E-state index contributed by atoms with van der Waals surface area (Å²) in [6.07, 6.45) is 4.01. The third kappa shape index (κ3) is 3.44. The van der Waals surface area contributed by atoms with E-state index in [1.54, 1.807) is 6.92 Å². The number of aryl methyl sites for hydroxylation is 1. The largest absolute Gasteiger partial charge is 0.492 e. The minimum Gasteiger partial charge on any atom is -0.492 e. The predicted molar refractivity (Wildman–Crippen MR) is 85.0 cm³/mol. The molecular weight excluding hydrogens is 278 g/mol. The van der Waals surface area contributed by atoms with Gasteiger partial charge in [-0.1, -0.05) is 0 Å². The van der Waals surface area contributed by atoms with Crippen LogP contribution < -0.4 is 10.3 Å². The molecule has 0 amide bonds. The number of benzene rings is 1. The molecule has 5 nitrogen and oxygen atoms in total. The number of nitrogens with zero attached hydrogens (tertiary/aromatic N) is 2. The van der Waals surface area contributed by atoms with Crippen LogP contribution in [0.25, 0.3) is 11.4 Å². The Bertz CT molecular complexity index is 790. The summed E-state index contributed by atoms with van der Waals surface area (Å²) in [6, 6.07) is 13.0. The summed E-state index contributed by atoms with van der Waals surface area (Å²) < 4.78 is 7.77. The van der Waals surface area contributed by atoms with Gasteiger partial charge in [0.25, 0.3) is 5.56 Å². The lowest BCUT2D eigenvalue weighted by atomic mass is 10.2. The fourth-order valence-electron chi connectivity index (χ4n) is 2.21. The molecule has 0 spiro atoms. The van der Waals surface area contributed by atoms with E-state index >= 15 is 0 Å². The van der Waals surface area contributed by atoms with Gasteiger partial charge in [0, 0.05) is 29.7 Å². The van der Waals surface area contributed by atoms with Crippen molar-refractivity contribution >= 4 is 0 Å². The molecular formula is C17H17N3O2. The molecule has 5 heteroatoms. The fourth-order valence-corrected chi connectivity index (χ4v) is 2.21. The van der Waals surface area contributed by atoms with Gasteiger partial charge in [-0.15, -0.1) is 0 Å². The van der Waals surface area contributed by atoms with Crippen molar-refractivity contribution in [1.82, 2.24) is 14.5 Å². The smallest absolute Gasteiger partial charge is 0.251 e. The number of hydrogen-bond acceptors (Lipinski definition) is 3. The van der Waals surface area contributed by atoms with E-state index in [-0.39, 0.29) is 5.56 Å². The molecule has 2 aromatic heterocycles. The Morgan fingerprint density at radius 1 is 1.18 bits per heavy atom. The lowest BCUT2D eigenvalue weighted by molar-refractivity contribution is 0.298. The summed E-state index contributed by atoms with van der Waals surface area (Å²) in [5.74, 6) is 1.37. The van der Waals surface area contributed by atoms with Crippen LogP contribution in [0.15, 0.2) is 59.7 Å². The Hall–Kier alpha value is -2.82. The van der Waals surface area contributed by atoms with E-state index in [4.69, 9.17) is 4.74 Å². The number of aromatic amines is 1. The highest BCUT2D eigenvalue weighted by molar-refractivity contribution is 5.56. The normalized spacial score (nSPS) is 10.6. The molecule has 0 saturated carbocycles. The maximum Gasteiger partial charge on any atom is 0.251 e. The molecule has 0 aliphatic heterocycles. The molecule has 0 unspecified atom stereocenters. The summed E-state index contributed by atoms with van der Waals surface area (Å²) in [4.78, 5) is 18.5. The minimum atomic E-state index is -0.144. The maximum absolute atomic E-state index is 11.5. The van der Waals surface area contributed by atoms with Gasteiger partial charge in [0.15, 0.2) is 0 Å². The van der Waals surface area contributed by atoms with Gasteiger partial charge in [0.2, 0.25) is 0 Å². The Balaban J connectivity index is 1.66. The van der Waals surface area contributed by atoms with Crippen molar-refractivity contribution in [2.75, 3.05) is 6.61 Å². The van der Waals surface area contributed by atoms with E-state index in [9.17, 15) is 4.79 Å². The topological polar surface area (TPSA) is 59.9 Å². The van der Waals surface area contributed by atoms with E-state index < -0.39 is 0 Å². The van der Waals surface area contributed by atoms with Crippen molar-refractivity contribution < 1.29 is 4.74 Å². The Labute approximate surface area is 128 Å². The van der Waals surface area contributed by atoms with Crippen LogP contribution in [0.1, 0.15) is 5.69 Å². The van der Waals surface area contributed by atoms with E-state index in [0.29, 0.717) is 18.1 Å². The highest BCUT2D eigenvalue weighted by atomic mass is 16.5. The molecule has 0 atom stereocenters. The van der Waals surface area contributed by atoms with Crippen LogP contribution >= 0.6 is 0 Å². The zero-order valence-corrected chi connectivity index (χ0v) is 12.3. The molecule has 22 heavy (non-hydrogen) atoms. The second kappa shape index (κ2) is 6.30. The quantitative estimate of drug-likeness (QED) is 0.787. The first kappa shape index (κ1) is 14.1. The van der Waals surface area contributed by atoms with Gasteiger partial charge >= 0.3 is 0 Å². The molecule has 1 aromatic carbocycles. The van der Waals surface area contributed by atoms with Gasteiger partial charge in [-0.3, -0.25) is 4.79 Å². The molecule has 3 aromatic rings. The summed E-state index contributed by atoms with van der Waals surface area (Å²) in [6.45, 7) is 3.21. The molecule has 2 heterocycles.